The topological polar surface area (TPSA) is 90.5 Å². The fourth-order valence-corrected chi connectivity index (χ4v) is 3.14. The Morgan fingerprint density at radius 2 is 1.83 bits per heavy atom. The van der Waals surface area contributed by atoms with Crippen LogP contribution in [-0.4, -0.2) is 42.4 Å². The molecule has 4 aromatic rings. The Balaban J connectivity index is 1.35. The van der Waals surface area contributed by atoms with Crippen molar-refractivity contribution < 1.29 is 4.79 Å². The molecule has 1 atom stereocenters. The van der Waals surface area contributed by atoms with Crippen LogP contribution in [0, 0.1) is 0 Å². The molecule has 2 aromatic carbocycles. The predicted octanol–water partition coefficient (Wildman–Crippen LogP) is 2.00. The Bertz CT molecular complexity index is 1010. The van der Waals surface area contributed by atoms with Crippen molar-refractivity contribution in [2.75, 3.05) is 6.54 Å². The maximum atomic E-state index is 12.8. The summed E-state index contributed by atoms with van der Waals surface area (Å²) in [7, 11) is 0. The van der Waals surface area contributed by atoms with Gasteiger partial charge in [-0.15, -0.1) is 5.10 Å². The zero-order valence-corrected chi connectivity index (χ0v) is 15.8. The number of amides is 1. The van der Waals surface area contributed by atoms with Gasteiger partial charge in [-0.3, -0.25) is 4.79 Å². The van der Waals surface area contributed by atoms with Gasteiger partial charge in [-0.2, -0.15) is 5.10 Å². The second-order valence-corrected chi connectivity index (χ2v) is 6.65. The summed E-state index contributed by atoms with van der Waals surface area (Å²) in [6, 6.07) is 19.4. The van der Waals surface area contributed by atoms with Crippen molar-refractivity contribution in [2.45, 2.75) is 18.9 Å². The van der Waals surface area contributed by atoms with Crippen LogP contribution in [-0.2, 0) is 17.6 Å². The number of hydrogen-bond acceptors (Lipinski definition) is 5. The Morgan fingerprint density at radius 1 is 1.00 bits per heavy atom. The minimum atomic E-state index is -0.491. The second-order valence-electron chi connectivity index (χ2n) is 6.65. The maximum Gasteiger partial charge on any atom is 0.245 e. The van der Waals surface area contributed by atoms with E-state index in [0.717, 1.165) is 23.2 Å². The molecule has 0 saturated heterocycles. The van der Waals surface area contributed by atoms with E-state index in [1.807, 2.05) is 71.5 Å². The number of hydrogen-bond donors (Lipinski definition) is 1. The lowest BCUT2D eigenvalue weighted by molar-refractivity contribution is -0.124. The largest absolute Gasteiger partial charge is 0.354 e. The molecule has 0 radical (unpaired) electrons. The van der Waals surface area contributed by atoms with Crippen LogP contribution in [0.1, 0.15) is 17.2 Å². The minimum Gasteiger partial charge on any atom is -0.354 e. The summed E-state index contributed by atoms with van der Waals surface area (Å²) < 4.78 is 3.31. The fourth-order valence-electron chi connectivity index (χ4n) is 3.14. The van der Waals surface area contributed by atoms with Gasteiger partial charge >= 0.3 is 0 Å². The summed E-state index contributed by atoms with van der Waals surface area (Å²) in [4.78, 5) is 12.8. The highest BCUT2D eigenvalue weighted by Crippen LogP contribution is 2.13. The van der Waals surface area contributed by atoms with E-state index in [1.54, 1.807) is 6.20 Å². The third-order valence-electron chi connectivity index (χ3n) is 4.68. The summed E-state index contributed by atoms with van der Waals surface area (Å²) in [5.74, 6) is -0.102. The molecule has 0 fully saturated rings. The predicted molar refractivity (Wildman–Crippen MR) is 107 cm³/mol. The molecular weight excluding hydrogens is 366 g/mol. The lowest BCUT2D eigenvalue weighted by atomic mass is 10.1. The van der Waals surface area contributed by atoms with Crippen LogP contribution in [0.3, 0.4) is 0 Å². The molecule has 8 nitrogen and oxygen atoms in total. The third-order valence-corrected chi connectivity index (χ3v) is 4.68. The van der Waals surface area contributed by atoms with Crippen molar-refractivity contribution >= 4 is 5.91 Å². The monoisotopic (exact) mass is 387 g/mol. The van der Waals surface area contributed by atoms with E-state index in [1.165, 1.54) is 11.0 Å². The van der Waals surface area contributed by atoms with Crippen LogP contribution in [0.4, 0.5) is 0 Å². The van der Waals surface area contributed by atoms with Gasteiger partial charge in [0.15, 0.2) is 0 Å². The number of carbonyl (C=O) groups is 1. The van der Waals surface area contributed by atoms with Gasteiger partial charge in [-0.25, -0.2) is 9.36 Å². The number of carbonyl (C=O) groups excluding carboxylic acids is 1. The molecule has 0 aliphatic rings. The van der Waals surface area contributed by atoms with Crippen molar-refractivity contribution in [1.29, 1.82) is 0 Å². The SMILES string of the molecule is O=C(NCCc1ccc(-n2cccn2)cc1)C(Cc1ccccc1)n1cnnn1. The Kier molecular flexibility index (Phi) is 5.70. The Morgan fingerprint density at radius 3 is 2.52 bits per heavy atom. The molecule has 2 heterocycles. The number of nitrogens with one attached hydrogen (secondary N) is 1. The molecule has 29 heavy (non-hydrogen) atoms. The first-order chi connectivity index (χ1) is 14.3. The van der Waals surface area contributed by atoms with E-state index in [9.17, 15) is 4.79 Å². The van der Waals surface area contributed by atoms with Crippen molar-refractivity contribution in [2.24, 2.45) is 0 Å². The van der Waals surface area contributed by atoms with Crippen LogP contribution in [0.15, 0.2) is 79.4 Å². The van der Waals surface area contributed by atoms with Gasteiger partial charge in [-0.05, 0) is 46.2 Å². The first kappa shape index (κ1) is 18.5. The maximum absolute atomic E-state index is 12.8. The molecule has 0 aliphatic heterocycles. The number of tetrazole rings is 1. The standard InChI is InChI=1S/C21H21N7O/c29-21(20(28-16-23-25-26-28)15-18-5-2-1-3-6-18)22-13-11-17-7-9-19(10-8-17)27-14-4-12-24-27/h1-10,12,14,16,20H,11,13,15H2,(H,22,29). The number of rotatable bonds is 8. The summed E-state index contributed by atoms with van der Waals surface area (Å²) in [6.07, 6.45) is 6.39. The molecule has 146 valence electrons. The van der Waals surface area contributed by atoms with Crippen LogP contribution in [0.2, 0.25) is 0 Å². The average Bonchev–Trinajstić information content (AvgIpc) is 3.47. The molecular formula is C21H21N7O. The molecule has 0 aliphatic carbocycles. The van der Waals surface area contributed by atoms with E-state index in [-0.39, 0.29) is 5.91 Å². The van der Waals surface area contributed by atoms with E-state index in [2.05, 4.69) is 25.9 Å². The molecule has 1 N–H and O–H groups in total. The van der Waals surface area contributed by atoms with Crippen LogP contribution in [0.5, 0.6) is 0 Å². The van der Waals surface area contributed by atoms with E-state index in [4.69, 9.17) is 0 Å². The smallest absolute Gasteiger partial charge is 0.245 e. The molecule has 8 heteroatoms. The number of benzene rings is 2. The number of aromatic nitrogens is 6. The van der Waals surface area contributed by atoms with Crippen molar-refractivity contribution in [1.82, 2.24) is 35.3 Å². The van der Waals surface area contributed by atoms with Crippen LogP contribution in [0.25, 0.3) is 5.69 Å². The quantitative estimate of drug-likeness (QED) is 0.499. The van der Waals surface area contributed by atoms with E-state index >= 15 is 0 Å². The minimum absolute atomic E-state index is 0.102. The summed E-state index contributed by atoms with van der Waals surface area (Å²) in [5.41, 5.74) is 3.20. The highest BCUT2D eigenvalue weighted by Gasteiger charge is 2.21. The van der Waals surface area contributed by atoms with Crippen LogP contribution < -0.4 is 5.32 Å². The first-order valence-electron chi connectivity index (χ1n) is 9.43. The Hall–Kier alpha value is -3.81. The molecule has 0 bridgehead atoms. The van der Waals surface area contributed by atoms with Gasteiger partial charge in [0.1, 0.15) is 12.4 Å². The van der Waals surface area contributed by atoms with Crippen molar-refractivity contribution in [3.05, 3.63) is 90.5 Å². The highest BCUT2D eigenvalue weighted by atomic mass is 16.2. The average molecular weight is 387 g/mol. The lowest BCUT2D eigenvalue weighted by Crippen LogP contribution is -2.35. The van der Waals surface area contributed by atoms with E-state index in [0.29, 0.717) is 13.0 Å². The van der Waals surface area contributed by atoms with Gasteiger partial charge in [0.2, 0.25) is 5.91 Å². The molecule has 1 unspecified atom stereocenters. The zero-order chi connectivity index (χ0) is 19.9. The fraction of sp³-hybridized carbons (Fsp3) is 0.190. The van der Waals surface area contributed by atoms with Crippen LogP contribution >= 0.6 is 0 Å². The lowest BCUT2D eigenvalue weighted by Gasteiger charge is -2.16. The summed E-state index contributed by atoms with van der Waals surface area (Å²) in [6.45, 7) is 0.535. The first-order valence-corrected chi connectivity index (χ1v) is 9.43. The highest BCUT2D eigenvalue weighted by molar-refractivity contribution is 5.80. The Labute approximate surface area is 168 Å². The van der Waals surface area contributed by atoms with Crippen molar-refractivity contribution in [3.63, 3.8) is 0 Å². The third kappa shape index (κ3) is 4.73. The van der Waals surface area contributed by atoms with E-state index < -0.39 is 6.04 Å². The summed E-state index contributed by atoms with van der Waals surface area (Å²) >= 11 is 0. The molecule has 4 rings (SSSR count). The van der Waals surface area contributed by atoms with Gasteiger partial charge in [0.05, 0.1) is 5.69 Å². The van der Waals surface area contributed by atoms with Gasteiger partial charge in [0, 0.05) is 25.4 Å². The molecule has 0 spiro atoms. The van der Waals surface area contributed by atoms with Crippen molar-refractivity contribution in [3.8, 4) is 5.69 Å². The van der Waals surface area contributed by atoms with Gasteiger partial charge in [-0.1, -0.05) is 42.5 Å². The molecule has 1 amide bonds. The second kappa shape index (κ2) is 8.92. The number of nitrogens with zero attached hydrogens (tertiary/aromatic N) is 6. The van der Waals surface area contributed by atoms with Gasteiger partial charge < -0.3 is 5.32 Å². The molecule has 2 aromatic heterocycles. The normalized spacial score (nSPS) is 11.9. The summed E-state index contributed by atoms with van der Waals surface area (Å²) in [5, 5.41) is 18.5. The molecule has 0 saturated carbocycles. The van der Waals surface area contributed by atoms with Gasteiger partial charge in [0.25, 0.3) is 0 Å². The zero-order valence-electron chi connectivity index (χ0n) is 15.8.